The summed E-state index contributed by atoms with van der Waals surface area (Å²) in [5, 5.41) is 9.14. The zero-order chi connectivity index (χ0) is 32.6. The molecule has 44 heavy (non-hydrogen) atoms. The zero-order valence-electron chi connectivity index (χ0n) is 24.7. The van der Waals surface area contributed by atoms with E-state index >= 15 is 0 Å². The van der Waals surface area contributed by atoms with E-state index in [-0.39, 0.29) is 36.6 Å². The summed E-state index contributed by atoms with van der Waals surface area (Å²) in [6, 6.07) is 3.42. The average Bonchev–Trinajstić information content (AvgIpc) is 2.94. The molecular weight excluding hydrogens is 595 g/mol. The van der Waals surface area contributed by atoms with Crippen molar-refractivity contribution < 1.29 is 45.4 Å². The number of alkyl halides is 6. The molecule has 2 aliphatic rings. The molecule has 1 aliphatic heterocycles. The highest BCUT2D eigenvalue weighted by molar-refractivity contribution is 5.75. The van der Waals surface area contributed by atoms with Crippen LogP contribution in [0.25, 0.3) is 0 Å². The van der Waals surface area contributed by atoms with E-state index in [4.69, 9.17) is 5.11 Å². The second kappa shape index (κ2) is 12.9. The van der Waals surface area contributed by atoms with Crippen molar-refractivity contribution in [2.24, 2.45) is 5.92 Å². The third-order valence-electron chi connectivity index (χ3n) is 9.02. The smallest absolute Gasteiger partial charge is 0.416 e. The highest BCUT2D eigenvalue weighted by Crippen LogP contribution is 2.39. The molecule has 0 aromatic heterocycles. The maximum absolute atomic E-state index is 14.0. The van der Waals surface area contributed by atoms with Crippen molar-refractivity contribution in [3.05, 3.63) is 70.0 Å². The molecule has 1 aliphatic carbocycles. The minimum atomic E-state index is -5.02. The molecule has 0 radical (unpaired) electrons. The highest BCUT2D eigenvalue weighted by Gasteiger charge is 2.40. The summed E-state index contributed by atoms with van der Waals surface area (Å²) < 4.78 is 95.1. The lowest BCUT2D eigenvalue weighted by Crippen LogP contribution is -2.56. The van der Waals surface area contributed by atoms with Crippen LogP contribution < -0.4 is 0 Å². The molecule has 2 atom stereocenters. The van der Waals surface area contributed by atoms with Crippen LogP contribution in [0, 0.1) is 18.7 Å². The Balaban J connectivity index is 1.60. The molecule has 1 saturated heterocycles. The van der Waals surface area contributed by atoms with Crippen LogP contribution in [0.15, 0.2) is 36.4 Å². The van der Waals surface area contributed by atoms with Crippen molar-refractivity contribution >= 4 is 12.0 Å². The van der Waals surface area contributed by atoms with E-state index in [0.29, 0.717) is 36.3 Å². The number of halogens is 7. The van der Waals surface area contributed by atoms with Crippen molar-refractivity contribution in [1.82, 2.24) is 14.7 Å². The molecule has 0 spiro atoms. The van der Waals surface area contributed by atoms with Crippen molar-refractivity contribution in [3.8, 4) is 0 Å². The molecule has 2 aromatic rings. The molecule has 1 unspecified atom stereocenters. The predicted molar refractivity (Wildman–Crippen MR) is 148 cm³/mol. The first-order valence-electron chi connectivity index (χ1n) is 14.5. The Hall–Kier alpha value is -3.35. The van der Waals surface area contributed by atoms with Crippen LogP contribution in [0.4, 0.5) is 35.5 Å². The Kier molecular flexibility index (Phi) is 9.87. The largest absolute Gasteiger partial charge is 0.481 e. The molecule has 0 bridgehead atoms. The van der Waals surface area contributed by atoms with Gasteiger partial charge in [-0.3, -0.25) is 9.69 Å². The molecule has 4 rings (SSSR count). The first-order chi connectivity index (χ1) is 20.5. The number of benzene rings is 2. The number of carbonyl (C=O) groups is 2. The average molecular weight is 632 g/mol. The van der Waals surface area contributed by atoms with Crippen LogP contribution in [0.5, 0.6) is 0 Å². The fraction of sp³-hybridized carbons (Fsp3) is 0.548. The summed E-state index contributed by atoms with van der Waals surface area (Å²) in [5.74, 6) is -1.18. The van der Waals surface area contributed by atoms with Gasteiger partial charge in [0.1, 0.15) is 5.82 Å². The molecule has 2 amide bonds. The number of nitrogens with zero attached hydrogens (tertiary/aromatic N) is 3. The van der Waals surface area contributed by atoms with E-state index in [1.165, 1.54) is 26.1 Å². The monoisotopic (exact) mass is 631 g/mol. The van der Waals surface area contributed by atoms with Gasteiger partial charge < -0.3 is 14.9 Å². The topological polar surface area (TPSA) is 64.1 Å². The van der Waals surface area contributed by atoms with Crippen molar-refractivity contribution in [3.63, 3.8) is 0 Å². The van der Waals surface area contributed by atoms with Crippen LogP contribution in [0.1, 0.15) is 78.9 Å². The van der Waals surface area contributed by atoms with Gasteiger partial charge in [0, 0.05) is 39.1 Å². The number of rotatable bonds is 6. The second-order valence-electron chi connectivity index (χ2n) is 11.9. The molecule has 13 heteroatoms. The van der Waals surface area contributed by atoms with Crippen LogP contribution in [-0.4, -0.2) is 64.5 Å². The first kappa shape index (κ1) is 33.5. The molecule has 1 heterocycles. The van der Waals surface area contributed by atoms with Crippen molar-refractivity contribution in [1.29, 1.82) is 0 Å². The van der Waals surface area contributed by atoms with Gasteiger partial charge in [-0.15, -0.1) is 0 Å². The molecule has 242 valence electrons. The van der Waals surface area contributed by atoms with Crippen molar-refractivity contribution in [2.45, 2.75) is 76.4 Å². The van der Waals surface area contributed by atoms with Gasteiger partial charge in [0.15, 0.2) is 0 Å². The lowest BCUT2D eigenvalue weighted by molar-refractivity contribution is -0.143. The summed E-state index contributed by atoms with van der Waals surface area (Å²) in [6.45, 7) is 4.17. The van der Waals surface area contributed by atoms with Crippen LogP contribution >= 0.6 is 0 Å². The second-order valence-corrected chi connectivity index (χ2v) is 11.9. The summed E-state index contributed by atoms with van der Waals surface area (Å²) in [6.07, 6.45) is -6.84. The van der Waals surface area contributed by atoms with Gasteiger partial charge in [0.2, 0.25) is 0 Å². The first-order valence-corrected chi connectivity index (χ1v) is 14.5. The van der Waals surface area contributed by atoms with E-state index in [9.17, 15) is 40.3 Å². The third-order valence-corrected chi connectivity index (χ3v) is 9.02. The van der Waals surface area contributed by atoms with Crippen LogP contribution in [-0.2, 0) is 17.1 Å². The minimum Gasteiger partial charge on any atom is -0.481 e. The van der Waals surface area contributed by atoms with Crippen LogP contribution in [0.3, 0.4) is 0 Å². The molecule has 1 saturated carbocycles. The quantitative estimate of drug-likeness (QED) is 0.333. The number of aryl methyl sites for hydroxylation is 1. The number of carboxylic acid groups (broad SMARTS) is 1. The Labute approximate surface area is 251 Å². The fourth-order valence-electron chi connectivity index (χ4n) is 6.42. The fourth-order valence-corrected chi connectivity index (χ4v) is 6.42. The maximum atomic E-state index is 14.0. The molecule has 6 nitrogen and oxygen atoms in total. The molecular formula is C31H36F7N3O3. The van der Waals surface area contributed by atoms with E-state index in [0.717, 1.165) is 30.6 Å². The SMILES string of the molecule is Cc1cc(F)ccc1[C@H]1CN(C2CCC(CC(=O)O)CC2)CCN1C(=O)N(C)C(C)c1cc(C(F)(F)F)cc(C(F)(F)F)c1. The molecule has 2 aromatic carbocycles. The number of hydrogen-bond acceptors (Lipinski definition) is 3. The van der Waals surface area contributed by atoms with Gasteiger partial charge in [0.05, 0.1) is 23.2 Å². The summed E-state index contributed by atoms with van der Waals surface area (Å²) >= 11 is 0. The summed E-state index contributed by atoms with van der Waals surface area (Å²) in [7, 11) is 1.34. The number of hydrogen-bond donors (Lipinski definition) is 1. The normalized spacial score (nSPS) is 22.5. The number of aliphatic carboxylic acids is 1. The van der Waals surface area contributed by atoms with Gasteiger partial charge in [0.25, 0.3) is 0 Å². The minimum absolute atomic E-state index is 0.0553. The van der Waals surface area contributed by atoms with Crippen molar-refractivity contribution in [2.75, 3.05) is 26.7 Å². The Bertz CT molecular complexity index is 1320. The lowest BCUT2D eigenvalue weighted by atomic mass is 9.83. The van der Waals surface area contributed by atoms with Crippen LogP contribution in [0.2, 0.25) is 0 Å². The predicted octanol–water partition coefficient (Wildman–Crippen LogP) is 7.68. The van der Waals surface area contributed by atoms with Gasteiger partial charge in [-0.1, -0.05) is 6.07 Å². The Morgan fingerprint density at radius 3 is 2.07 bits per heavy atom. The van der Waals surface area contributed by atoms with Gasteiger partial charge in [-0.05, 0) is 92.5 Å². The highest BCUT2D eigenvalue weighted by atomic mass is 19.4. The lowest BCUT2D eigenvalue weighted by Gasteiger charge is -2.47. The van der Waals surface area contributed by atoms with Gasteiger partial charge in [-0.2, -0.15) is 26.3 Å². The Morgan fingerprint density at radius 2 is 1.55 bits per heavy atom. The van der Waals surface area contributed by atoms with E-state index in [1.54, 1.807) is 17.9 Å². The zero-order valence-corrected chi connectivity index (χ0v) is 24.7. The third kappa shape index (κ3) is 7.65. The van der Waals surface area contributed by atoms with E-state index in [1.807, 2.05) is 0 Å². The summed E-state index contributed by atoms with van der Waals surface area (Å²) in [5.41, 5.74) is -1.94. The molecule has 2 fully saturated rings. The number of carbonyl (C=O) groups excluding carboxylic acids is 1. The van der Waals surface area contributed by atoms with Gasteiger partial charge in [-0.25, -0.2) is 9.18 Å². The maximum Gasteiger partial charge on any atom is 0.416 e. The summed E-state index contributed by atoms with van der Waals surface area (Å²) in [4.78, 5) is 30.0. The van der Waals surface area contributed by atoms with E-state index in [2.05, 4.69) is 4.90 Å². The molecule has 1 N–H and O–H groups in total. The number of amides is 2. The van der Waals surface area contributed by atoms with Gasteiger partial charge >= 0.3 is 24.4 Å². The standard InChI is InChI=1S/C31H36F7N3O3/c1-18-12-24(32)6-9-26(18)27-17-40(25-7-4-20(5-8-25)13-28(42)43)10-11-41(27)29(44)39(3)19(2)21-14-22(30(33,34)35)16-23(15-21)31(36,37)38/h6,9,12,14-16,19-20,25,27H,4-5,7-8,10-11,13,17H2,1-3H3,(H,42,43)/t19?,20?,25?,27-/m1/s1. The van der Waals surface area contributed by atoms with E-state index < -0.39 is 53.4 Å². The number of piperazine rings is 1. The Morgan fingerprint density at radius 1 is 0.955 bits per heavy atom. The number of urea groups is 1. The number of carboxylic acids is 1.